The van der Waals surface area contributed by atoms with Crippen molar-refractivity contribution in [2.75, 3.05) is 0 Å². The number of fused-ring (bicyclic) bond motifs is 1. The van der Waals surface area contributed by atoms with Crippen molar-refractivity contribution in [3.05, 3.63) is 48.0 Å². The molecule has 2 nitrogen and oxygen atoms in total. The Morgan fingerprint density at radius 2 is 1.75 bits per heavy atom. The predicted molar refractivity (Wildman–Crippen MR) is 84.9 cm³/mol. The zero-order chi connectivity index (χ0) is 14.8. The molecular weight excluding hydrogens is 246 g/mol. The molecule has 1 unspecified atom stereocenters. The lowest BCUT2D eigenvalue weighted by atomic mass is 9.86. The number of carbonyl (C=O) groups excluding carboxylic acids is 1. The Labute approximate surface area is 121 Å². The van der Waals surface area contributed by atoms with Gasteiger partial charge in [0.2, 0.25) is 0 Å². The molecular formula is C18H23NO. The van der Waals surface area contributed by atoms with E-state index in [0.29, 0.717) is 6.42 Å². The van der Waals surface area contributed by atoms with Gasteiger partial charge < -0.3 is 5.73 Å². The Kier molecular flexibility index (Phi) is 4.24. The van der Waals surface area contributed by atoms with E-state index in [1.807, 2.05) is 36.4 Å². The van der Waals surface area contributed by atoms with E-state index < -0.39 is 0 Å². The highest BCUT2D eigenvalue weighted by Gasteiger charge is 2.18. The Bertz CT molecular complexity index is 610. The monoisotopic (exact) mass is 269 g/mol. The molecule has 106 valence electrons. The largest absolute Gasteiger partial charge is 0.327 e. The third kappa shape index (κ3) is 3.91. The maximum Gasteiger partial charge on any atom is 0.164 e. The SMILES string of the molecule is CC(C)(C)CC(N)CC(=O)c1ccc2ccccc2c1. The molecule has 2 N–H and O–H groups in total. The number of benzene rings is 2. The molecule has 0 saturated heterocycles. The summed E-state index contributed by atoms with van der Waals surface area (Å²) in [5, 5.41) is 2.26. The van der Waals surface area contributed by atoms with Crippen LogP contribution in [0.15, 0.2) is 42.5 Å². The van der Waals surface area contributed by atoms with E-state index in [1.165, 1.54) is 0 Å². The molecule has 0 heterocycles. The minimum Gasteiger partial charge on any atom is -0.327 e. The lowest BCUT2D eigenvalue weighted by Crippen LogP contribution is -2.28. The predicted octanol–water partition coefficient (Wildman–Crippen LogP) is 4.18. The van der Waals surface area contributed by atoms with E-state index in [0.717, 1.165) is 22.8 Å². The van der Waals surface area contributed by atoms with Crippen LogP contribution in [0.5, 0.6) is 0 Å². The molecule has 2 heteroatoms. The zero-order valence-electron chi connectivity index (χ0n) is 12.5. The first-order valence-corrected chi connectivity index (χ1v) is 7.13. The summed E-state index contributed by atoms with van der Waals surface area (Å²) in [6, 6.07) is 13.9. The van der Waals surface area contributed by atoms with Gasteiger partial charge in [0.25, 0.3) is 0 Å². The second kappa shape index (κ2) is 5.76. The maximum absolute atomic E-state index is 12.3. The van der Waals surface area contributed by atoms with Crippen LogP contribution < -0.4 is 5.73 Å². The number of Topliss-reactive ketones (excluding diaryl/α,β-unsaturated/α-hetero) is 1. The Morgan fingerprint density at radius 3 is 2.40 bits per heavy atom. The minimum absolute atomic E-state index is 0.0750. The van der Waals surface area contributed by atoms with E-state index in [-0.39, 0.29) is 17.2 Å². The van der Waals surface area contributed by atoms with Gasteiger partial charge in [-0.05, 0) is 28.7 Å². The first-order chi connectivity index (χ1) is 9.35. The van der Waals surface area contributed by atoms with Gasteiger partial charge in [-0.2, -0.15) is 0 Å². The van der Waals surface area contributed by atoms with Crippen molar-refractivity contribution in [1.82, 2.24) is 0 Å². The van der Waals surface area contributed by atoms with Gasteiger partial charge in [-0.25, -0.2) is 0 Å². The van der Waals surface area contributed by atoms with Crippen LogP contribution >= 0.6 is 0 Å². The molecule has 0 aliphatic heterocycles. The van der Waals surface area contributed by atoms with Crippen molar-refractivity contribution in [2.24, 2.45) is 11.1 Å². The minimum atomic E-state index is -0.0750. The topological polar surface area (TPSA) is 43.1 Å². The van der Waals surface area contributed by atoms with Crippen molar-refractivity contribution in [3.63, 3.8) is 0 Å². The van der Waals surface area contributed by atoms with Crippen molar-refractivity contribution in [3.8, 4) is 0 Å². The summed E-state index contributed by atoms with van der Waals surface area (Å²) in [5.74, 6) is 0.132. The van der Waals surface area contributed by atoms with Crippen LogP contribution in [0.4, 0.5) is 0 Å². The van der Waals surface area contributed by atoms with Gasteiger partial charge in [0.15, 0.2) is 5.78 Å². The van der Waals surface area contributed by atoms with E-state index >= 15 is 0 Å². The summed E-state index contributed by atoms with van der Waals surface area (Å²) in [4.78, 5) is 12.3. The third-order valence-corrected chi connectivity index (χ3v) is 3.39. The average molecular weight is 269 g/mol. The fourth-order valence-electron chi connectivity index (χ4n) is 2.58. The molecule has 2 aromatic carbocycles. The molecule has 0 aliphatic rings. The summed E-state index contributed by atoms with van der Waals surface area (Å²) in [6.45, 7) is 6.44. The molecule has 2 aromatic rings. The number of nitrogens with two attached hydrogens (primary N) is 1. The molecule has 0 aromatic heterocycles. The van der Waals surface area contributed by atoms with Gasteiger partial charge in [-0.3, -0.25) is 4.79 Å². The Hall–Kier alpha value is -1.67. The highest BCUT2D eigenvalue weighted by atomic mass is 16.1. The van der Waals surface area contributed by atoms with Gasteiger partial charge in [0.1, 0.15) is 0 Å². The van der Waals surface area contributed by atoms with E-state index in [4.69, 9.17) is 5.73 Å². The number of ketones is 1. The molecule has 0 radical (unpaired) electrons. The standard InChI is InChI=1S/C18H23NO/c1-18(2,3)12-16(19)11-17(20)15-9-8-13-6-4-5-7-14(13)10-15/h4-10,16H,11-12,19H2,1-3H3. The summed E-state index contributed by atoms with van der Waals surface area (Å²) in [5.41, 5.74) is 7.00. The first-order valence-electron chi connectivity index (χ1n) is 7.13. The van der Waals surface area contributed by atoms with Crippen molar-refractivity contribution in [1.29, 1.82) is 0 Å². The molecule has 0 saturated carbocycles. The van der Waals surface area contributed by atoms with Crippen LogP contribution in [0, 0.1) is 5.41 Å². The smallest absolute Gasteiger partial charge is 0.164 e. The highest BCUT2D eigenvalue weighted by Crippen LogP contribution is 2.22. The third-order valence-electron chi connectivity index (χ3n) is 3.39. The fourth-order valence-corrected chi connectivity index (χ4v) is 2.58. The fraction of sp³-hybridized carbons (Fsp3) is 0.389. The van der Waals surface area contributed by atoms with Crippen LogP contribution in [0.2, 0.25) is 0 Å². The van der Waals surface area contributed by atoms with Gasteiger partial charge >= 0.3 is 0 Å². The normalized spacial score (nSPS) is 13.4. The van der Waals surface area contributed by atoms with Gasteiger partial charge in [0.05, 0.1) is 0 Å². The number of hydrogen-bond donors (Lipinski definition) is 1. The van der Waals surface area contributed by atoms with Gasteiger partial charge in [0, 0.05) is 18.0 Å². The molecule has 20 heavy (non-hydrogen) atoms. The summed E-state index contributed by atoms with van der Waals surface area (Å²) >= 11 is 0. The van der Waals surface area contributed by atoms with Crippen LogP contribution in [0.25, 0.3) is 10.8 Å². The Balaban J connectivity index is 2.11. The maximum atomic E-state index is 12.3. The number of hydrogen-bond acceptors (Lipinski definition) is 2. The van der Waals surface area contributed by atoms with Gasteiger partial charge in [-0.15, -0.1) is 0 Å². The van der Waals surface area contributed by atoms with Crippen LogP contribution in [0.3, 0.4) is 0 Å². The van der Waals surface area contributed by atoms with Crippen molar-refractivity contribution < 1.29 is 4.79 Å². The molecule has 0 fully saturated rings. The summed E-state index contributed by atoms with van der Waals surface area (Å²) in [7, 11) is 0. The second-order valence-corrected chi connectivity index (χ2v) is 6.71. The summed E-state index contributed by atoms with van der Waals surface area (Å²) < 4.78 is 0. The Morgan fingerprint density at radius 1 is 1.10 bits per heavy atom. The average Bonchev–Trinajstić information content (AvgIpc) is 2.35. The second-order valence-electron chi connectivity index (χ2n) is 6.71. The molecule has 2 rings (SSSR count). The van der Waals surface area contributed by atoms with E-state index in [9.17, 15) is 4.79 Å². The summed E-state index contributed by atoms with van der Waals surface area (Å²) in [6.07, 6.45) is 1.27. The molecule has 0 spiro atoms. The zero-order valence-corrected chi connectivity index (χ0v) is 12.5. The molecule has 0 aliphatic carbocycles. The highest BCUT2D eigenvalue weighted by molar-refractivity contribution is 6.00. The first kappa shape index (κ1) is 14.7. The van der Waals surface area contributed by atoms with Crippen molar-refractivity contribution >= 4 is 16.6 Å². The number of rotatable bonds is 4. The van der Waals surface area contributed by atoms with E-state index in [2.05, 4.69) is 26.8 Å². The quantitative estimate of drug-likeness (QED) is 0.846. The molecule has 0 amide bonds. The molecule has 0 bridgehead atoms. The van der Waals surface area contributed by atoms with Gasteiger partial charge in [-0.1, -0.05) is 57.2 Å². The van der Waals surface area contributed by atoms with Crippen molar-refractivity contribution in [2.45, 2.75) is 39.7 Å². The van der Waals surface area contributed by atoms with E-state index in [1.54, 1.807) is 0 Å². The number of carbonyl (C=O) groups is 1. The lowest BCUT2D eigenvalue weighted by molar-refractivity contribution is 0.0968. The van der Waals surface area contributed by atoms with Crippen LogP contribution in [-0.2, 0) is 0 Å². The lowest BCUT2D eigenvalue weighted by Gasteiger charge is -2.22. The molecule has 1 atom stereocenters. The van der Waals surface area contributed by atoms with Crippen LogP contribution in [0.1, 0.15) is 44.0 Å². The van der Waals surface area contributed by atoms with Crippen LogP contribution in [-0.4, -0.2) is 11.8 Å².